The van der Waals surface area contributed by atoms with Gasteiger partial charge in [-0.15, -0.1) is 0 Å². The summed E-state index contributed by atoms with van der Waals surface area (Å²) >= 11 is 0. The second kappa shape index (κ2) is 7.31. The fourth-order valence-electron chi connectivity index (χ4n) is 2.42. The first-order valence-corrected chi connectivity index (χ1v) is 7.94. The summed E-state index contributed by atoms with van der Waals surface area (Å²) in [5, 5.41) is 0.772. The molecule has 2 rings (SSSR count). The zero-order valence-electron chi connectivity index (χ0n) is 14.0. The van der Waals surface area contributed by atoms with E-state index in [9.17, 15) is 9.59 Å². The third-order valence-corrected chi connectivity index (χ3v) is 3.92. The van der Waals surface area contributed by atoms with Gasteiger partial charge in [0.05, 0.1) is 12.7 Å². The molecule has 5 heteroatoms. The van der Waals surface area contributed by atoms with Crippen LogP contribution in [0, 0.1) is 0 Å². The molecule has 1 aromatic carbocycles. The molecule has 0 amide bonds. The molecule has 0 radical (unpaired) electrons. The molecule has 124 valence electrons. The Kier molecular flexibility index (Phi) is 5.42. The van der Waals surface area contributed by atoms with Crippen LogP contribution in [-0.4, -0.2) is 29.5 Å². The molecule has 0 saturated heterocycles. The summed E-state index contributed by atoms with van der Waals surface area (Å²) in [7, 11) is 0. The second-order valence-corrected chi connectivity index (χ2v) is 5.55. The lowest BCUT2D eigenvalue weighted by Gasteiger charge is -2.17. The van der Waals surface area contributed by atoms with Crippen LogP contribution < -0.4 is 4.74 Å². The molecule has 5 nitrogen and oxygen atoms in total. The Morgan fingerprint density at radius 1 is 1.30 bits per heavy atom. The van der Waals surface area contributed by atoms with E-state index in [0.717, 1.165) is 23.6 Å². The van der Waals surface area contributed by atoms with Crippen molar-refractivity contribution >= 4 is 23.2 Å². The lowest BCUT2D eigenvalue weighted by atomic mass is 10.2. The van der Waals surface area contributed by atoms with Gasteiger partial charge in [-0.1, -0.05) is 6.92 Å². The van der Waals surface area contributed by atoms with E-state index in [1.165, 1.54) is 0 Å². The summed E-state index contributed by atoms with van der Waals surface area (Å²) in [5.41, 5.74) is 1.34. The number of esters is 1. The zero-order chi connectivity index (χ0) is 17.0. The maximum atomic E-state index is 12.3. The lowest BCUT2D eigenvalue weighted by Crippen LogP contribution is -2.22. The smallest absolute Gasteiger partial charge is 0.329 e. The Morgan fingerprint density at radius 3 is 2.65 bits per heavy atom. The van der Waals surface area contributed by atoms with E-state index < -0.39 is 6.04 Å². The maximum absolute atomic E-state index is 12.3. The fourth-order valence-corrected chi connectivity index (χ4v) is 2.42. The summed E-state index contributed by atoms with van der Waals surface area (Å²) in [6, 6.07) is 5.02. The summed E-state index contributed by atoms with van der Waals surface area (Å²) in [6.45, 7) is 8.06. The number of nitrogens with zero attached hydrogens (tertiary/aromatic N) is 1. The fraction of sp³-hybridized carbons (Fsp3) is 0.444. The van der Waals surface area contributed by atoms with Crippen LogP contribution in [0.25, 0.3) is 10.9 Å². The standard InChI is InChI=1S/C18H23NO4/c1-5-12(3)23-18(21)13(4)19-10-14(11-20)16-9-15(22-6-2)7-8-17(16)19/h7-13H,5-6H2,1-4H3. The van der Waals surface area contributed by atoms with E-state index in [2.05, 4.69) is 0 Å². The largest absolute Gasteiger partial charge is 0.494 e. The van der Waals surface area contributed by atoms with E-state index in [1.54, 1.807) is 17.7 Å². The molecule has 0 N–H and O–H groups in total. The molecule has 0 aliphatic heterocycles. The number of aldehydes is 1. The molecule has 0 spiro atoms. The number of hydrogen-bond acceptors (Lipinski definition) is 4. The van der Waals surface area contributed by atoms with Gasteiger partial charge in [0.15, 0.2) is 6.29 Å². The monoisotopic (exact) mass is 317 g/mol. The van der Waals surface area contributed by atoms with Crippen molar-refractivity contribution in [1.82, 2.24) is 4.57 Å². The minimum absolute atomic E-state index is 0.123. The third-order valence-electron chi connectivity index (χ3n) is 3.92. The van der Waals surface area contributed by atoms with Crippen molar-refractivity contribution in [2.24, 2.45) is 0 Å². The summed E-state index contributed by atoms with van der Waals surface area (Å²) in [6.07, 6.45) is 3.13. The molecule has 0 aliphatic rings. The van der Waals surface area contributed by atoms with Crippen molar-refractivity contribution in [3.63, 3.8) is 0 Å². The molecular formula is C18H23NO4. The molecule has 23 heavy (non-hydrogen) atoms. The Bertz CT molecular complexity index is 704. The SMILES string of the molecule is CCOc1ccc2c(c1)c(C=O)cn2C(C)C(=O)OC(C)CC. The topological polar surface area (TPSA) is 57.5 Å². The minimum Gasteiger partial charge on any atom is -0.494 e. The summed E-state index contributed by atoms with van der Waals surface area (Å²) < 4.78 is 12.7. The molecule has 0 saturated carbocycles. The summed E-state index contributed by atoms with van der Waals surface area (Å²) in [5.74, 6) is 0.401. The Balaban J connectivity index is 2.40. The predicted octanol–water partition coefficient (Wildman–Crippen LogP) is 3.76. The number of aromatic nitrogens is 1. The van der Waals surface area contributed by atoms with E-state index in [0.29, 0.717) is 17.9 Å². The van der Waals surface area contributed by atoms with Crippen LogP contribution in [0.15, 0.2) is 24.4 Å². The Morgan fingerprint density at radius 2 is 2.04 bits per heavy atom. The van der Waals surface area contributed by atoms with Crippen molar-refractivity contribution in [3.8, 4) is 5.75 Å². The van der Waals surface area contributed by atoms with Crippen LogP contribution in [-0.2, 0) is 9.53 Å². The number of rotatable bonds is 7. The van der Waals surface area contributed by atoms with Gasteiger partial charge in [-0.25, -0.2) is 4.79 Å². The number of fused-ring (bicyclic) bond motifs is 1. The van der Waals surface area contributed by atoms with Crippen LogP contribution in [0.1, 0.15) is 50.5 Å². The minimum atomic E-state index is -0.502. The van der Waals surface area contributed by atoms with E-state index >= 15 is 0 Å². The van der Waals surface area contributed by atoms with Gasteiger partial charge in [0.25, 0.3) is 0 Å². The molecule has 1 aromatic heterocycles. The van der Waals surface area contributed by atoms with E-state index in [1.807, 2.05) is 39.0 Å². The van der Waals surface area contributed by atoms with Crippen molar-refractivity contribution < 1.29 is 19.1 Å². The molecule has 2 unspecified atom stereocenters. The van der Waals surface area contributed by atoms with Gasteiger partial charge < -0.3 is 14.0 Å². The lowest BCUT2D eigenvalue weighted by molar-refractivity contribution is -0.151. The first-order chi connectivity index (χ1) is 11.0. The highest BCUT2D eigenvalue weighted by Crippen LogP contribution is 2.28. The van der Waals surface area contributed by atoms with Gasteiger partial charge in [-0.05, 0) is 45.4 Å². The average Bonchev–Trinajstić information content (AvgIpc) is 2.92. The van der Waals surface area contributed by atoms with E-state index in [-0.39, 0.29) is 12.1 Å². The maximum Gasteiger partial charge on any atom is 0.329 e. The van der Waals surface area contributed by atoms with Crippen LogP contribution in [0.3, 0.4) is 0 Å². The Labute approximate surface area is 136 Å². The van der Waals surface area contributed by atoms with Crippen LogP contribution >= 0.6 is 0 Å². The number of hydrogen-bond donors (Lipinski definition) is 0. The molecule has 0 bridgehead atoms. The van der Waals surface area contributed by atoms with Gasteiger partial charge in [0.1, 0.15) is 11.8 Å². The number of carbonyl (C=O) groups excluding carboxylic acids is 2. The number of benzene rings is 1. The number of carbonyl (C=O) groups is 2. The van der Waals surface area contributed by atoms with Crippen LogP contribution in [0.5, 0.6) is 5.75 Å². The van der Waals surface area contributed by atoms with Gasteiger partial charge in [0, 0.05) is 22.7 Å². The van der Waals surface area contributed by atoms with Gasteiger partial charge in [-0.3, -0.25) is 4.79 Å². The second-order valence-electron chi connectivity index (χ2n) is 5.55. The zero-order valence-corrected chi connectivity index (χ0v) is 14.0. The molecule has 1 heterocycles. The van der Waals surface area contributed by atoms with Gasteiger partial charge in [-0.2, -0.15) is 0 Å². The normalized spacial score (nSPS) is 13.6. The van der Waals surface area contributed by atoms with Crippen molar-refractivity contribution in [2.75, 3.05) is 6.61 Å². The molecule has 2 aromatic rings. The molecule has 0 fully saturated rings. The highest BCUT2D eigenvalue weighted by molar-refractivity contribution is 5.99. The van der Waals surface area contributed by atoms with Gasteiger partial charge in [0.2, 0.25) is 0 Å². The first-order valence-electron chi connectivity index (χ1n) is 7.94. The molecular weight excluding hydrogens is 294 g/mol. The van der Waals surface area contributed by atoms with Crippen molar-refractivity contribution in [1.29, 1.82) is 0 Å². The summed E-state index contributed by atoms with van der Waals surface area (Å²) in [4.78, 5) is 23.6. The van der Waals surface area contributed by atoms with Crippen molar-refractivity contribution in [3.05, 3.63) is 30.0 Å². The van der Waals surface area contributed by atoms with Crippen LogP contribution in [0.2, 0.25) is 0 Å². The average molecular weight is 317 g/mol. The highest BCUT2D eigenvalue weighted by Gasteiger charge is 2.21. The Hall–Kier alpha value is -2.30. The predicted molar refractivity (Wildman–Crippen MR) is 89.1 cm³/mol. The van der Waals surface area contributed by atoms with Crippen molar-refractivity contribution in [2.45, 2.75) is 46.3 Å². The third kappa shape index (κ3) is 3.55. The molecule has 2 atom stereocenters. The quantitative estimate of drug-likeness (QED) is 0.576. The first kappa shape index (κ1) is 17.1. The van der Waals surface area contributed by atoms with E-state index in [4.69, 9.17) is 9.47 Å². The number of ether oxygens (including phenoxy) is 2. The molecule has 0 aliphatic carbocycles. The van der Waals surface area contributed by atoms with Gasteiger partial charge >= 0.3 is 5.97 Å². The van der Waals surface area contributed by atoms with Crippen LogP contribution in [0.4, 0.5) is 0 Å². The highest BCUT2D eigenvalue weighted by atomic mass is 16.5.